The number of hydrogen-bond donors (Lipinski definition) is 2. The molecule has 1 aromatic rings. The van der Waals surface area contributed by atoms with Crippen LogP contribution in [-0.2, 0) is 20.7 Å². The maximum atomic E-state index is 13.4. The Balaban J connectivity index is 2.30. The SMILES string of the molecule is COc1ccc(CC(NC(=O)OC(C)(C)C)C(=O)NC2(C(=O)N(C)C)CCCC2)cc1OC. The lowest BCUT2D eigenvalue weighted by molar-refractivity contribution is -0.140. The molecule has 1 fully saturated rings. The minimum absolute atomic E-state index is 0.143. The molecule has 2 rings (SSSR count). The molecule has 1 aromatic carbocycles. The Morgan fingerprint density at radius 3 is 2.18 bits per heavy atom. The van der Waals surface area contributed by atoms with Crippen LogP contribution in [0.25, 0.3) is 0 Å². The highest BCUT2D eigenvalue weighted by Crippen LogP contribution is 2.32. The molecule has 33 heavy (non-hydrogen) atoms. The third kappa shape index (κ3) is 7.00. The van der Waals surface area contributed by atoms with Gasteiger partial charge in [0.25, 0.3) is 0 Å². The van der Waals surface area contributed by atoms with Gasteiger partial charge in [0.2, 0.25) is 11.8 Å². The average Bonchev–Trinajstić information content (AvgIpc) is 3.20. The molecular weight excluding hydrogens is 426 g/mol. The second kappa shape index (κ2) is 10.8. The van der Waals surface area contributed by atoms with Crippen molar-refractivity contribution < 1.29 is 28.6 Å². The van der Waals surface area contributed by atoms with Gasteiger partial charge < -0.3 is 29.7 Å². The van der Waals surface area contributed by atoms with Gasteiger partial charge in [0, 0.05) is 20.5 Å². The molecule has 0 aromatic heterocycles. The van der Waals surface area contributed by atoms with Crippen LogP contribution >= 0.6 is 0 Å². The van der Waals surface area contributed by atoms with Gasteiger partial charge in [-0.1, -0.05) is 18.9 Å². The number of carbonyl (C=O) groups excluding carboxylic acids is 3. The van der Waals surface area contributed by atoms with Crippen LogP contribution < -0.4 is 20.1 Å². The molecule has 9 nitrogen and oxygen atoms in total. The molecule has 9 heteroatoms. The van der Waals surface area contributed by atoms with Gasteiger partial charge in [0.15, 0.2) is 11.5 Å². The second-order valence-corrected chi connectivity index (χ2v) is 9.57. The van der Waals surface area contributed by atoms with Crippen molar-refractivity contribution in [3.05, 3.63) is 23.8 Å². The van der Waals surface area contributed by atoms with Crippen molar-refractivity contribution in [1.82, 2.24) is 15.5 Å². The molecule has 0 radical (unpaired) electrons. The topological polar surface area (TPSA) is 106 Å². The second-order valence-electron chi connectivity index (χ2n) is 9.57. The molecule has 0 bridgehead atoms. The first-order valence-corrected chi connectivity index (χ1v) is 11.1. The van der Waals surface area contributed by atoms with E-state index in [1.807, 2.05) is 0 Å². The monoisotopic (exact) mass is 463 g/mol. The third-order valence-corrected chi connectivity index (χ3v) is 5.53. The Hall–Kier alpha value is -2.97. The van der Waals surface area contributed by atoms with Crippen LogP contribution in [0.2, 0.25) is 0 Å². The van der Waals surface area contributed by atoms with Gasteiger partial charge in [-0.3, -0.25) is 9.59 Å². The fraction of sp³-hybridized carbons (Fsp3) is 0.625. The third-order valence-electron chi connectivity index (χ3n) is 5.53. The summed E-state index contributed by atoms with van der Waals surface area (Å²) in [6, 6.07) is 4.34. The number of rotatable bonds is 8. The first-order chi connectivity index (χ1) is 15.4. The van der Waals surface area contributed by atoms with Gasteiger partial charge in [-0.2, -0.15) is 0 Å². The minimum Gasteiger partial charge on any atom is -0.493 e. The molecule has 0 heterocycles. The minimum atomic E-state index is -0.966. The summed E-state index contributed by atoms with van der Waals surface area (Å²) < 4.78 is 16.0. The summed E-state index contributed by atoms with van der Waals surface area (Å²) in [6.07, 6.45) is 2.29. The number of hydrogen-bond acceptors (Lipinski definition) is 6. The zero-order valence-corrected chi connectivity index (χ0v) is 20.7. The van der Waals surface area contributed by atoms with E-state index in [4.69, 9.17) is 14.2 Å². The number of alkyl carbamates (subject to hydrolysis) is 1. The van der Waals surface area contributed by atoms with E-state index in [1.165, 1.54) is 12.0 Å². The largest absolute Gasteiger partial charge is 0.493 e. The highest BCUT2D eigenvalue weighted by Gasteiger charge is 2.44. The predicted molar refractivity (Wildman–Crippen MR) is 124 cm³/mol. The Kier molecular flexibility index (Phi) is 8.57. The summed E-state index contributed by atoms with van der Waals surface area (Å²) >= 11 is 0. The smallest absolute Gasteiger partial charge is 0.408 e. The van der Waals surface area contributed by atoms with E-state index in [0.717, 1.165) is 18.4 Å². The van der Waals surface area contributed by atoms with Gasteiger partial charge in [0.05, 0.1) is 14.2 Å². The standard InChI is InChI=1S/C24H37N3O6/c1-23(2,3)33-22(30)25-17(14-16-10-11-18(31-6)19(15-16)32-7)20(28)26-24(12-8-9-13-24)21(29)27(4)5/h10-11,15,17H,8-9,12-14H2,1-7H3,(H,25,30)(H,26,28). The number of likely N-dealkylation sites (N-methyl/N-ethyl adjacent to an activating group) is 1. The number of nitrogens with zero attached hydrogens (tertiary/aromatic N) is 1. The molecule has 1 unspecified atom stereocenters. The number of carbonyl (C=O) groups is 3. The zero-order valence-electron chi connectivity index (χ0n) is 20.7. The molecule has 3 amide bonds. The Labute approximate surface area is 196 Å². The molecule has 2 N–H and O–H groups in total. The van der Waals surface area contributed by atoms with Crippen LogP contribution in [0.5, 0.6) is 11.5 Å². The van der Waals surface area contributed by atoms with E-state index >= 15 is 0 Å². The van der Waals surface area contributed by atoms with Crippen molar-refractivity contribution in [1.29, 1.82) is 0 Å². The quantitative estimate of drug-likeness (QED) is 0.614. The number of methoxy groups -OCH3 is 2. The van der Waals surface area contributed by atoms with Gasteiger partial charge in [-0.15, -0.1) is 0 Å². The lowest BCUT2D eigenvalue weighted by atomic mass is 9.94. The maximum Gasteiger partial charge on any atom is 0.408 e. The van der Waals surface area contributed by atoms with Crippen molar-refractivity contribution >= 4 is 17.9 Å². The highest BCUT2D eigenvalue weighted by molar-refractivity contribution is 5.94. The average molecular weight is 464 g/mol. The van der Waals surface area contributed by atoms with Crippen LogP contribution in [0.3, 0.4) is 0 Å². The summed E-state index contributed by atoms with van der Waals surface area (Å²) in [6.45, 7) is 5.25. The molecule has 1 atom stereocenters. The van der Waals surface area contributed by atoms with Crippen LogP contribution in [0.4, 0.5) is 4.79 Å². The van der Waals surface area contributed by atoms with Crippen molar-refractivity contribution in [3.8, 4) is 11.5 Å². The van der Waals surface area contributed by atoms with Gasteiger partial charge >= 0.3 is 6.09 Å². The van der Waals surface area contributed by atoms with E-state index in [9.17, 15) is 14.4 Å². The van der Waals surface area contributed by atoms with Gasteiger partial charge in [0.1, 0.15) is 17.2 Å². The van der Waals surface area contributed by atoms with Gasteiger partial charge in [-0.25, -0.2) is 4.79 Å². The fourth-order valence-corrected chi connectivity index (χ4v) is 4.02. The van der Waals surface area contributed by atoms with Gasteiger partial charge in [-0.05, 0) is 51.3 Å². The summed E-state index contributed by atoms with van der Waals surface area (Å²) in [4.78, 5) is 40.3. The van der Waals surface area contributed by atoms with E-state index in [2.05, 4.69) is 10.6 Å². The normalized spacial score (nSPS) is 15.8. The Morgan fingerprint density at radius 2 is 1.67 bits per heavy atom. The van der Waals surface area contributed by atoms with E-state index < -0.39 is 29.2 Å². The van der Waals surface area contributed by atoms with Crippen LogP contribution in [0, 0.1) is 0 Å². The molecule has 1 aliphatic carbocycles. The molecule has 1 saturated carbocycles. The van der Waals surface area contributed by atoms with Crippen LogP contribution in [0.15, 0.2) is 18.2 Å². The lowest BCUT2D eigenvalue weighted by Crippen LogP contribution is -2.61. The molecule has 0 aliphatic heterocycles. The first kappa shape index (κ1) is 26.3. The molecule has 184 valence electrons. The lowest BCUT2D eigenvalue weighted by Gasteiger charge is -2.33. The van der Waals surface area contributed by atoms with E-state index in [-0.39, 0.29) is 12.3 Å². The fourth-order valence-electron chi connectivity index (χ4n) is 4.02. The molecule has 0 saturated heterocycles. The highest BCUT2D eigenvalue weighted by atomic mass is 16.6. The van der Waals surface area contributed by atoms with Crippen molar-refractivity contribution in [2.24, 2.45) is 0 Å². The Bertz CT molecular complexity index is 856. The Morgan fingerprint density at radius 1 is 1.06 bits per heavy atom. The van der Waals surface area contributed by atoms with E-state index in [0.29, 0.717) is 24.3 Å². The van der Waals surface area contributed by atoms with Crippen molar-refractivity contribution in [2.45, 2.75) is 70.1 Å². The van der Waals surface area contributed by atoms with E-state index in [1.54, 1.807) is 60.2 Å². The summed E-state index contributed by atoms with van der Waals surface area (Å²) in [5.74, 6) is 0.494. The molecular formula is C24H37N3O6. The number of ether oxygens (including phenoxy) is 3. The zero-order chi connectivity index (χ0) is 24.8. The van der Waals surface area contributed by atoms with Crippen molar-refractivity contribution in [2.75, 3.05) is 28.3 Å². The first-order valence-electron chi connectivity index (χ1n) is 11.1. The summed E-state index contributed by atoms with van der Waals surface area (Å²) in [5, 5.41) is 5.63. The molecule has 0 spiro atoms. The number of benzene rings is 1. The van der Waals surface area contributed by atoms with Crippen molar-refractivity contribution in [3.63, 3.8) is 0 Å². The summed E-state index contributed by atoms with van der Waals surface area (Å²) in [7, 11) is 6.42. The maximum absolute atomic E-state index is 13.4. The van der Waals surface area contributed by atoms with Crippen LogP contribution in [-0.4, -0.2) is 68.3 Å². The number of amides is 3. The predicted octanol–water partition coefficient (Wildman–Crippen LogP) is 2.66. The van der Waals surface area contributed by atoms with Crippen LogP contribution in [0.1, 0.15) is 52.0 Å². The molecule has 1 aliphatic rings. The number of nitrogens with one attached hydrogen (secondary N) is 2. The summed E-state index contributed by atoms with van der Waals surface area (Å²) in [5.41, 5.74) is -0.933.